The number of carbonyl (C=O) groups excluding carboxylic acids is 1. The van der Waals surface area contributed by atoms with Crippen molar-refractivity contribution in [2.45, 2.75) is 25.1 Å². The molecule has 0 aliphatic carbocycles. The van der Waals surface area contributed by atoms with E-state index in [1.807, 2.05) is 0 Å². The summed E-state index contributed by atoms with van der Waals surface area (Å²) in [6.07, 6.45) is 0.212. The van der Waals surface area contributed by atoms with E-state index in [1.54, 1.807) is 17.2 Å². The molecule has 1 aromatic heterocycles. The minimum Gasteiger partial charge on any atom is -0.367 e. The van der Waals surface area contributed by atoms with Gasteiger partial charge in [-0.2, -0.15) is 13.2 Å². The first-order chi connectivity index (χ1) is 11.9. The van der Waals surface area contributed by atoms with Crippen LogP contribution in [0.15, 0.2) is 42.9 Å². The van der Waals surface area contributed by atoms with Gasteiger partial charge in [-0.3, -0.25) is 4.79 Å². The molecule has 25 heavy (non-hydrogen) atoms. The van der Waals surface area contributed by atoms with Crippen molar-refractivity contribution in [3.63, 3.8) is 0 Å². The fourth-order valence-corrected chi connectivity index (χ4v) is 2.80. The van der Waals surface area contributed by atoms with Crippen molar-refractivity contribution in [2.24, 2.45) is 0 Å². The largest absolute Gasteiger partial charge is 0.416 e. The van der Waals surface area contributed by atoms with E-state index in [-0.39, 0.29) is 17.5 Å². The molecule has 1 saturated heterocycles. The van der Waals surface area contributed by atoms with Crippen LogP contribution >= 0.6 is 0 Å². The van der Waals surface area contributed by atoms with Crippen LogP contribution in [0.2, 0.25) is 0 Å². The number of hydrogen-bond acceptors (Lipinski definition) is 4. The Morgan fingerprint density at radius 3 is 2.36 bits per heavy atom. The van der Waals surface area contributed by atoms with Crippen molar-refractivity contribution >= 4 is 11.7 Å². The third kappa shape index (κ3) is 4.26. The topological polar surface area (TPSA) is 58.1 Å². The molecule has 0 saturated carbocycles. The molecule has 1 amide bonds. The summed E-state index contributed by atoms with van der Waals surface area (Å²) in [4.78, 5) is 22.1. The van der Waals surface area contributed by atoms with Gasteiger partial charge in [-0.25, -0.2) is 9.97 Å². The number of amides is 1. The minimum absolute atomic E-state index is 0.201. The normalized spacial score (nSPS) is 15.9. The standard InChI is InChI=1S/C17H17F3N4O/c18-17(19,20)13-3-1-12(2-4-13)16(25)24-9-6-14(7-10-24)23-15-5-8-21-11-22-15/h1-5,8,11,14H,6-7,9-10H2,(H,21,22,23). The molecule has 0 unspecified atom stereocenters. The molecule has 1 aliphatic rings. The van der Waals surface area contributed by atoms with Crippen molar-refractivity contribution < 1.29 is 18.0 Å². The van der Waals surface area contributed by atoms with E-state index in [0.29, 0.717) is 13.1 Å². The zero-order chi connectivity index (χ0) is 17.9. The van der Waals surface area contributed by atoms with Crippen molar-refractivity contribution in [3.05, 3.63) is 54.0 Å². The van der Waals surface area contributed by atoms with E-state index >= 15 is 0 Å². The third-order valence-electron chi connectivity index (χ3n) is 4.18. The second kappa shape index (κ2) is 7.08. The highest BCUT2D eigenvalue weighted by Gasteiger charge is 2.30. The van der Waals surface area contributed by atoms with Gasteiger partial charge >= 0.3 is 6.18 Å². The second-order valence-corrected chi connectivity index (χ2v) is 5.88. The molecule has 0 bridgehead atoms. The number of benzene rings is 1. The lowest BCUT2D eigenvalue weighted by molar-refractivity contribution is -0.137. The molecule has 3 rings (SSSR count). The van der Waals surface area contributed by atoms with E-state index < -0.39 is 11.7 Å². The van der Waals surface area contributed by atoms with Crippen LogP contribution in [-0.2, 0) is 6.18 Å². The quantitative estimate of drug-likeness (QED) is 0.924. The number of anilines is 1. The third-order valence-corrected chi connectivity index (χ3v) is 4.18. The van der Waals surface area contributed by atoms with Gasteiger partial charge in [0.25, 0.3) is 5.91 Å². The zero-order valence-corrected chi connectivity index (χ0v) is 13.3. The average molecular weight is 350 g/mol. The fraction of sp³-hybridized carbons (Fsp3) is 0.353. The summed E-state index contributed by atoms with van der Waals surface area (Å²) in [7, 11) is 0. The Balaban J connectivity index is 1.56. The smallest absolute Gasteiger partial charge is 0.367 e. The van der Waals surface area contributed by atoms with Gasteiger partial charge < -0.3 is 10.2 Å². The monoisotopic (exact) mass is 350 g/mol. The molecule has 0 spiro atoms. The van der Waals surface area contributed by atoms with Gasteiger partial charge in [0.15, 0.2) is 0 Å². The number of aromatic nitrogens is 2. The molecule has 0 atom stereocenters. The lowest BCUT2D eigenvalue weighted by Gasteiger charge is -2.32. The molecule has 2 aromatic rings. The SMILES string of the molecule is O=C(c1ccc(C(F)(F)F)cc1)N1CCC(Nc2ccncn2)CC1. The van der Waals surface area contributed by atoms with Crippen LogP contribution in [-0.4, -0.2) is 39.9 Å². The van der Waals surface area contributed by atoms with Crippen LogP contribution in [0.5, 0.6) is 0 Å². The maximum absolute atomic E-state index is 12.6. The molecule has 8 heteroatoms. The summed E-state index contributed by atoms with van der Waals surface area (Å²) in [6, 6.07) is 6.33. The highest BCUT2D eigenvalue weighted by Crippen LogP contribution is 2.29. The van der Waals surface area contributed by atoms with Gasteiger partial charge in [0.1, 0.15) is 12.1 Å². The van der Waals surface area contributed by atoms with Gasteiger partial charge in [-0.1, -0.05) is 0 Å². The number of halogens is 3. The second-order valence-electron chi connectivity index (χ2n) is 5.88. The van der Waals surface area contributed by atoms with E-state index in [2.05, 4.69) is 15.3 Å². The molecule has 1 N–H and O–H groups in total. The van der Waals surface area contributed by atoms with Crippen LogP contribution in [0.3, 0.4) is 0 Å². The zero-order valence-electron chi connectivity index (χ0n) is 13.3. The maximum Gasteiger partial charge on any atom is 0.416 e. The first-order valence-electron chi connectivity index (χ1n) is 7.92. The van der Waals surface area contributed by atoms with Gasteiger partial charge in [-0.05, 0) is 43.2 Å². The van der Waals surface area contributed by atoms with Gasteiger partial charge in [-0.15, -0.1) is 0 Å². The van der Waals surface area contributed by atoms with Crippen LogP contribution in [0.1, 0.15) is 28.8 Å². The summed E-state index contributed by atoms with van der Waals surface area (Å²) in [5, 5.41) is 3.29. The Labute approximate surface area is 142 Å². The predicted octanol–water partition coefficient (Wildman–Crippen LogP) is 3.21. The molecule has 2 heterocycles. The summed E-state index contributed by atoms with van der Waals surface area (Å²) < 4.78 is 37.8. The Morgan fingerprint density at radius 2 is 1.80 bits per heavy atom. The Kier molecular flexibility index (Phi) is 4.87. The van der Waals surface area contributed by atoms with Crippen LogP contribution in [0.4, 0.5) is 19.0 Å². The predicted molar refractivity (Wildman–Crippen MR) is 86.0 cm³/mol. The molecule has 1 aromatic carbocycles. The number of carbonyl (C=O) groups is 1. The highest BCUT2D eigenvalue weighted by molar-refractivity contribution is 5.94. The molecular weight excluding hydrogens is 333 g/mol. The number of rotatable bonds is 3. The van der Waals surface area contributed by atoms with Crippen molar-refractivity contribution in [2.75, 3.05) is 18.4 Å². The van der Waals surface area contributed by atoms with Crippen LogP contribution in [0, 0.1) is 0 Å². The molecule has 132 valence electrons. The highest BCUT2D eigenvalue weighted by atomic mass is 19.4. The molecule has 1 fully saturated rings. The van der Waals surface area contributed by atoms with E-state index in [1.165, 1.54) is 18.5 Å². The van der Waals surface area contributed by atoms with E-state index in [9.17, 15) is 18.0 Å². The Bertz CT molecular complexity index is 711. The molecular formula is C17H17F3N4O. The Hall–Kier alpha value is -2.64. The van der Waals surface area contributed by atoms with E-state index in [0.717, 1.165) is 30.8 Å². The molecule has 1 aliphatic heterocycles. The summed E-state index contributed by atoms with van der Waals surface area (Å²) in [5.41, 5.74) is -0.480. The lowest BCUT2D eigenvalue weighted by atomic mass is 10.0. The van der Waals surface area contributed by atoms with Crippen molar-refractivity contribution in [1.29, 1.82) is 0 Å². The number of hydrogen-bond donors (Lipinski definition) is 1. The van der Waals surface area contributed by atoms with Gasteiger partial charge in [0.2, 0.25) is 0 Å². The number of nitrogens with one attached hydrogen (secondary N) is 1. The van der Waals surface area contributed by atoms with Crippen LogP contribution in [0.25, 0.3) is 0 Å². The van der Waals surface area contributed by atoms with E-state index in [4.69, 9.17) is 0 Å². The summed E-state index contributed by atoms with van der Waals surface area (Å²) in [5.74, 6) is 0.497. The first-order valence-corrected chi connectivity index (χ1v) is 7.92. The number of nitrogens with zero attached hydrogens (tertiary/aromatic N) is 3. The molecule has 0 radical (unpaired) electrons. The van der Waals surface area contributed by atoms with Gasteiger partial charge in [0.05, 0.1) is 5.56 Å². The summed E-state index contributed by atoms with van der Waals surface area (Å²) >= 11 is 0. The average Bonchev–Trinajstić information content (AvgIpc) is 2.62. The summed E-state index contributed by atoms with van der Waals surface area (Å²) in [6.45, 7) is 1.09. The van der Waals surface area contributed by atoms with Gasteiger partial charge in [0, 0.05) is 30.9 Å². The molecule has 5 nitrogen and oxygen atoms in total. The van der Waals surface area contributed by atoms with Crippen LogP contribution < -0.4 is 5.32 Å². The fourth-order valence-electron chi connectivity index (χ4n) is 2.80. The lowest BCUT2D eigenvalue weighted by Crippen LogP contribution is -2.42. The number of alkyl halides is 3. The number of likely N-dealkylation sites (tertiary alicyclic amines) is 1. The minimum atomic E-state index is -4.40. The number of piperidine rings is 1. The Morgan fingerprint density at radius 1 is 1.12 bits per heavy atom. The van der Waals surface area contributed by atoms with Crippen molar-refractivity contribution in [1.82, 2.24) is 14.9 Å². The first kappa shape index (κ1) is 17.2. The van der Waals surface area contributed by atoms with Crippen molar-refractivity contribution in [3.8, 4) is 0 Å². The maximum atomic E-state index is 12.6.